The molecule has 3 aliphatic rings. The molecule has 134 valence electrons. The van der Waals surface area contributed by atoms with E-state index >= 15 is 0 Å². The summed E-state index contributed by atoms with van der Waals surface area (Å²) in [5, 5.41) is 2.42. The first-order chi connectivity index (χ1) is 12.4. The number of nitrogens with zero attached hydrogens (tertiary/aromatic N) is 2. The van der Waals surface area contributed by atoms with Gasteiger partial charge in [-0.3, -0.25) is 14.8 Å². The lowest BCUT2D eigenvalue weighted by Gasteiger charge is -2.26. The van der Waals surface area contributed by atoms with E-state index in [1.807, 2.05) is 6.08 Å². The SMILES string of the molecule is CC1=CC(=O)C(C(C)C)=CC1CC1=NCCC2=c3ccc(C)cc3=NC12. The normalized spacial score (nSPS) is 24.6. The molecule has 0 saturated heterocycles. The third-order valence-corrected chi connectivity index (χ3v) is 5.77. The first kappa shape index (κ1) is 17.1. The van der Waals surface area contributed by atoms with Crippen LogP contribution in [0.1, 0.15) is 39.2 Å². The van der Waals surface area contributed by atoms with E-state index in [1.165, 1.54) is 22.1 Å². The van der Waals surface area contributed by atoms with Crippen molar-refractivity contribution in [1.82, 2.24) is 0 Å². The molecule has 3 heteroatoms. The Balaban J connectivity index is 1.67. The van der Waals surface area contributed by atoms with Gasteiger partial charge < -0.3 is 0 Å². The molecule has 0 bridgehead atoms. The largest absolute Gasteiger partial charge is 0.291 e. The molecule has 2 heterocycles. The van der Waals surface area contributed by atoms with Gasteiger partial charge in [-0.15, -0.1) is 0 Å². The van der Waals surface area contributed by atoms with Gasteiger partial charge in [0.05, 0.1) is 5.36 Å². The predicted octanol–water partition coefficient (Wildman–Crippen LogP) is 3.11. The van der Waals surface area contributed by atoms with Gasteiger partial charge in [0.15, 0.2) is 5.78 Å². The van der Waals surface area contributed by atoms with Crippen molar-refractivity contribution in [3.8, 4) is 0 Å². The molecule has 0 radical (unpaired) electrons. The van der Waals surface area contributed by atoms with E-state index in [0.717, 1.165) is 35.9 Å². The summed E-state index contributed by atoms with van der Waals surface area (Å²) >= 11 is 0. The van der Waals surface area contributed by atoms with Gasteiger partial charge in [0, 0.05) is 23.4 Å². The number of hydrogen-bond acceptors (Lipinski definition) is 3. The van der Waals surface area contributed by atoms with Crippen molar-refractivity contribution in [3.05, 3.63) is 57.6 Å². The van der Waals surface area contributed by atoms with Gasteiger partial charge >= 0.3 is 0 Å². The Morgan fingerprint density at radius 3 is 2.81 bits per heavy atom. The average molecular weight is 346 g/mol. The van der Waals surface area contributed by atoms with Crippen molar-refractivity contribution in [2.75, 3.05) is 6.54 Å². The molecule has 0 fully saturated rings. The molecule has 1 aliphatic carbocycles. The Labute approximate surface area is 155 Å². The zero-order chi connectivity index (χ0) is 18.4. The number of hydrogen-bond donors (Lipinski definition) is 0. The Morgan fingerprint density at radius 1 is 1.23 bits per heavy atom. The van der Waals surface area contributed by atoms with Crippen molar-refractivity contribution in [2.24, 2.45) is 21.8 Å². The molecule has 0 N–H and O–H groups in total. The van der Waals surface area contributed by atoms with Crippen LogP contribution in [-0.2, 0) is 4.79 Å². The Kier molecular flexibility index (Phi) is 4.26. The fourth-order valence-electron chi connectivity index (χ4n) is 4.26. The van der Waals surface area contributed by atoms with E-state index in [0.29, 0.717) is 0 Å². The standard InChI is InChI=1S/C23H26N2O/c1-13(2)19-11-16(15(4)10-22(19)26)12-21-23-18(7-8-24-21)17-6-5-14(3)9-20(17)25-23/h5-6,9-11,13,16,23H,7-8,12H2,1-4H3. The minimum atomic E-state index is 0.0990. The molecule has 0 spiro atoms. The predicted molar refractivity (Wildman–Crippen MR) is 106 cm³/mol. The van der Waals surface area contributed by atoms with Crippen LogP contribution in [0.5, 0.6) is 0 Å². The van der Waals surface area contributed by atoms with Crippen LogP contribution in [0.15, 0.2) is 51.5 Å². The number of carbonyl (C=O) groups is 1. The van der Waals surface area contributed by atoms with Crippen LogP contribution in [-0.4, -0.2) is 24.1 Å². The molecular weight excluding hydrogens is 320 g/mol. The van der Waals surface area contributed by atoms with Crippen molar-refractivity contribution in [1.29, 1.82) is 0 Å². The summed E-state index contributed by atoms with van der Waals surface area (Å²) < 4.78 is 0. The average Bonchev–Trinajstić information content (AvgIpc) is 2.95. The highest BCUT2D eigenvalue weighted by atomic mass is 16.1. The lowest BCUT2D eigenvalue weighted by molar-refractivity contribution is -0.112. The van der Waals surface area contributed by atoms with Crippen molar-refractivity contribution in [3.63, 3.8) is 0 Å². The number of allylic oxidation sites excluding steroid dienone is 4. The van der Waals surface area contributed by atoms with Gasteiger partial charge in [0.25, 0.3) is 0 Å². The minimum Gasteiger partial charge on any atom is -0.291 e. The number of aliphatic imine (C=N–C) groups is 1. The molecule has 0 saturated carbocycles. The van der Waals surface area contributed by atoms with Crippen LogP contribution in [0.2, 0.25) is 0 Å². The number of rotatable bonds is 3. The van der Waals surface area contributed by atoms with Gasteiger partial charge in [0.1, 0.15) is 6.04 Å². The summed E-state index contributed by atoms with van der Waals surface area (Å²) in [7, 11) is 0. The maximum Gasteiger partial charge on any atom is 0.181 e. The zero-order valence-corrected chi connectivity index (χ0v) is 16.0. The summed E-state index contributed by atoms with van der Waals surface area (Å²) in [6, 6.07) is 6.67. The molecule has 1 aromatic carbocycles. The summed E-state index contributed by atoms with van der Waals surface area (Å²) in [5.74, 6) is 0.678. The number of aryl methyl sites for hydroxylation is 1. The molecule has 2 unspecified atom stereocenters. The Morgan fingerprint density at radius 2 is 2.04 bits per heavy atom. The minimum absolute atomic E-state index is 0.0990. The Bertz CT molecular complexity index is 992. The second kappa shape index (κ2) is 6.46. The molecule has 4 rings (SSSR count). The summed E-state index contributed by atoms with van der Waals surface area (Å²) in [5.41, 5.74) is 5.92. The van der Waals surface area contributed by atoms with Crippen LogP contribution < -0.4 is 10.6 Å². The summed E-state index contributed by atoms with van der Waals surface area (Å²) in [6.45, 7) is 9.20. The first-order valence-corrected chi connectivity index (χ1v) is 9.59. The molecule has 2 aliphatic heterocycles. The van der Waals surface area contributed by atoms with Crippen LogP contribution in [0.3, 0.4) is 0 Å². The van der Waals surface area contributed by atoms with Gasteiger partial charge in [-0.2, -0.15) is 0 Å². The third kappa shape index (κ3) is 2.90. The van der Waals surface area contributed by atoms with E-state index in [9.17, 15) is 4.79 Å². The second-order valence-electron chi connectivity index (χ2n) is 8.04. The number of carbonyl (C=O) groups excluding carboxylic acids is 1. The van der Waals surface area contributed by atoms with Gasteiger partial charge in [-0.05, 0) is 61.5 Å². The van der Waals surface area contributed by atoms with Crippen LogP contribution in [0.4, 0.5) is 0 Å². The highest BCUT2D eigenvalue weighted by Crippen LogP contribution is 2.31. The van der Waals surface area contributed by atoms with Crippen molar-refractivity contribution >= 4 is 17.1 Å². The highest BCUT2D eigenvalue weighted by Gasteiger charge is 2.30. The lowest BCUT2D eigenvalue weighted by Crippen LogP contribution is -2.29. The van der Waals surface area contributed by atoms with Gasteiger partial charge in [0.2, 0.25) is 0 Å². The lowest BCUT2D eigenvalue weighted by atomic mass is 9.80. The van der Waals surface area contributed by atoms with Crippen LogP contribution >= 0.6 is 0 Å². The number of ketones is 1. The maximum absolute atomic E-state index is 12.2. The fourth-order valence-corrected chi connectivity index (χ4v) is 4.26. The summed E-state index contributed by atoms with van der Waals surface area (Å²) in [4.78, 5) is 22.1. The zero-order valence-electron chi connectivity index (χ0n) is 16.0. The van der Waals surface area contributed by atoms with Gasteiger partial charge in [-0.1, -0.05) is 37.6 Å². The van der Waals surface area contributed by atoms with Crippen molar-refractivity contribution < 1.29 is 4.79 Å². The molecule has 2 atom stereocenters. The van der Waals surface area contributed by atoms with E-state index < -0.39 is 0 Å². The van der Waals surface area contributed by atoms with Crippen LogP contribution in [0, 0.1) is 18.8 Å². The van der Waals surface area contributed by atoms with Crippen molar-refractivity contribution in [2.45, 2.75) is 46.6 Å². The first-order valence-electron chi connectivity index (χ1n) is 9.59. The smallest absolute Gasteiger partial charge is 0.181 e. The van der Waals surface area contributed by atoms with Crippen LogP contribution in [0.25, 0.3) is 5.57 Å². The fraction of sp³-hybridized carbons (Fsp3) is 0.435. The number of fused-ring (bicyclic) bond motifs is 2. The second-order valence-corrected chi connectivity index (χ2v) is 8.04. The molecule has 3 nitrogen and oxygen atoms in total. The Hall–Kier alpha value is -2.29. The van der Waals surface area contributed by atoms with E-state index in [2.05, 4.69) is 52.0 Å². The molecule has 1 aromatic rings. The number of benzene rings is 1. The molecular formula is C23H26N2O. The molecule has 0 amide bonds. The molecule has 0 aromatic heterocycles. The third-order valence-electron chi connectivity index (χ3n) is 5.77. The highest BCUT2D eigenvalue weighted by molar-refractivity contribution is 6.06. The van der Waals surface area contributed by atoms with E-state index in [1.54, 1.807) is 0 Å². The maximum atomic E-state index is 12.2. The molecule has 26 heavy (non-hydrogen) atoms. The quantitative estimate of drug-likeness (QED) is 0.829. The summed E-state index contributed by atoms with van der Waals surface area (Å²) in [6.07, 6.45) is 5.85. The topological polar surface area (TPSA) is 41.8 Å². The van der Waals surface area contributed by atoms with E-state index in [4.69, 9.17) is 9.98 Å². The van der Waals surface area contributed by atoms with E-state index in [-0.39, 0.29) is 23.7 Å². The van der Waals surface area contributed by atoms with Gasteiger partial charge in [-0.25, -0.2) is 0 Å². The monoisotopic (exact) mass is 346 g/mol.